The predicted molar refractivity (Wildman–Crippen MR) is 124 cm³/mol. The van der Waals surface area contributed by atoms with Crippen LogP contribution in [0.1, 0.15) is 24.4 Å². The number of primary amides is 1. The van der Waals surface area contributed by atoms with Crippen molar-refractivity contribution in [2.45, 2.75) is 24.4 Å². The molecule has 2 aliphatic heterocycles. The first-order chi connectivity index (χ1) is 17.1. The van der Waals surface area contributed by atoms with E-state index in [-0.39, 0.29) is 42.1 Å². The first kappa shape index (κ1) is 24.6. The van der Waals surface area contributed by atoms with Gasteiger partial charge < -0.3 is 21.3 Å². The fourth-order valence-corrected chi connectivity index (χ4v) is 5.13. The molecule has 4 amide bonds. The zero-order valence-corrected chi connectivity index (χ0v) is 18.8. The largest absolute Gasteiger partial charge is 0.508 e. The maximum absolute atomic E-state index is 13.7. The molecule has 0 aromatic heterocycles. The fraction of sp³-hybridized carbons (Fsp3) is 0.304. The van der Waals surface area contributed by atoms with Crippen molar-refractivity contribution < 1.29 is 34.3 Å². The molecule has 4 unspecified atom stereocenters. The summed E-state index contributed by atoms with van der Waals surface area (Å²) in [7, 11) is 0. The number of imide groups is 1. The van der Waals surface area contributed by atoms with Gasteiger partial charge in [0.05, 0.1) is 22.4 Å². The van der Waals surface area contributed by atoms with E-state index in [1.807, 2.05) is 0 Å². The molecule has 2 saturated heterocycles. The van der Waals surface area contributed by atoms with E-state index in [9.17, 15) is 39.5 Å². The molecule has 4 rings (SSSR count). The van der Waals surface area contributed by atoms with E-state index in [0.29, 0.717) is 0 Å². The zero-order valence-electron chi connectivity index (χ0n) is 18.8. The molecular weight excluding hydrogens is 474 g/mol. The van der Waals surface area contributed by atoms with Crippen LogP contribution in [0.15, 0.2) is 48.5 Å². The molecule has 2 aromatic carbocycles. The number of benzene rings is 2. The van der Waals surface area contributed by atoms with Gasteiger partial charge in [-0.3, -0.25) is 29.8 Å². The smallest absolute Gasteiger partial charge is 0.324 e. The first-order valence-electron chi connectivity index (χ1n) is 11.0. The maximum atomic E-state index is 13.7. The van der Waals surface area contributed by atoms with Crippen LogP contribution in [-0.4, -0.2) is 51.0 Å². The molecule has 0 spiro atoms. The van der Waals surface area contributed by atoms with Gasteiger partial charge in [-0.25, -0.2) is 9.69 Å². The van der Waals surface area contributed by atoms with Crippen LogP contribution in [0.25, 0.3) is 0 Å². The number of carbonyl (C=O) groups is 4. The lowest BCUT2D eigenvalue weighted by Gasteiger charge is -2.31. The summed E-state index contributed by atoms with van der Waals surface area (Å²) in [5, 5.41) is 37.3. The minimum atomic E-state index is -1.93. The normalized spacial score (nSPS) is 25.0. The number of hydrogen-bond donors (Lipinski definition) is 5. The van der Waals surface area contributed by atoms with Crippen molar-refractivity contribution in [1.29, 1.82) is 0 Å². The molecule has 2 heterocycles. The second-order valence-corrected chi connectivity index (χ2v) is 8.64. The molecule has 36 heavy (non-hydrogen) atoms. The monoisotopic (exact) mass is 497 g/mol. The number of hydrogen-bond acceptors (Lipinski definition) is 8. The number of aromatic hydroxyl groups is 1. The van der Waals surface area contributed by atoms with E-state index in [0.717, 1.165) is 11.0 Å². The number of amides is 4. The SMILES string of the molecule is NC(=O)NCCCC1(C(=O)O)NC(c2ccccc2O)C2C(=O)N(c3cccc([N+](=O)[O-])c3)C(=O)C21. The Morgan fingerprint density at radius 1 is 1.17 bits per heavy atom. The summed E-state index contributed by atoms with van der Waals surface area (Å²) in [6.45, 7) is 0.0292. The molecule has 2 aromatic rings. The second kappa shape index (κ2) is 9.26. The van der Waals surface area contributed by atoms with E-state index in [1.54, 1.807) is 12.1 Å². The highest BCUT2D eigenvalue weighted by molar-refractivity contribution is 6.24. The number of carboxylic acid groups (broad SMARTS) is 1. The molecule has 6 N–H and O–H groups in total. The molecule has 2 fully saturated rings. The highest BCUT2D eigenvalue weighted by Crippen LogP contribution is 2.52. The zero-order chi connectivity index (χ0) is 26.2. The standard InChI is InChI=1S/C23H23N5O8/c24-22(34)25-10-4-9-23(21(32)33)17-16(18(26-23)14-7-1-2-8-15(14)29)19(30)27(20(17)31)12-5-3-6-13(11-12)28(35)36/h1-3,5-8,11,16-18,26,29H,4,9-10H2,(H,32,33)(H3,24,25,34). The second-order valence-electron chi connectivity index (χ2n) is 8.64. The highest BCUT2D eigenvalue weighted by Gasteiger charge is 2.68. The van der Waals surface area contributed by atoms with Crippen molar-refractivity contribution in [3.8, 4) is 5.75 Å². The van der Waals surface area contributed by atoms with Gasteiger partial charge in [-0.05, 0) is 25.0 Å². The van der Waals surface area contributed by atoms with Crippen LogP contribution in [-0.2, 0) is 14.4 Å². The lowest BCUT2D eigenvalue weighted by Crippen LogP contribution is -2.56. The topological polar surface area (TPSA) is 205 Å². The van der Waals surface area contributed by atoms with E-state index in [2.05, 4.69) is 10.6 Å². The van der Waals surface area contributed by atoms with Gasteiger partial charge in [0.1, 0.15) is 11.3 Å². The number of nitrogens with one attached hydrogen (secondary N) is 2. The van der Waals surface area contributed by atoms with Crippen molar-refractivity contribution in [2.75, 3.05) is 11.4 Å². The summed E-state index contributed by atoms with van der Waals surface area (Å²) in [4.78, 5) is 62.4. The molecule has 0 aliphatic carbocycles. The van der Waals surface area contributed by atoms with Gasteiger partial charge in [-0.15, -0.1) is 0 Å². The van der Waals surface area contributed by atoms with Crippen LogP contribution in [0.3, 0.4) is 0 Å². The number of aliphatic carboxylic acids is 1. The van der Waals surface area contributed by atoms with Crippen molar-refractivity contribution in [1.82, 2.24) is 10.6 Å². The van der Waals surface area contributed by atoms with Crippen molar-refractivity contribution in [3.63, 3.8) is 0 Å². The number of phenols is 1. The Morgan fingerprint density at radius 3 is 2.53 bits per heavy atom. The number of nitro benzene ring substituents is 1. The number of fused-ring (bicyclic) bond motifs is 1. The van der Waals surface area contributed by atoms with E-state index >= 15 is 0 Å². The van der Waals surface area contributed by atoms with Crippen LogP contribution in [0.5, 0.6) is 5.75 Å². The number of nitro groups is 1. The number of phenolic OH excluding ortho intramolecular Hbond substituents is 1. The molecule has 0 radical (unpaired) electrons. The van der Waals surface area contributed by atoms with Gasteiger partial charge >= 0.3 is 12.0 Å². The highest BCUT2D eigenvalue weighted by atomic mass is 16.6. The Bertz CT molecular complexity index is 1270. The Kier molecular flexibility index (Phi) is 6.33. The van der Waals surface area contributed by atoms with Gasteiger partial charge in [-0.1, -0.05) is 24.3 Å². The Labute approximate surface area is 204 Å². The van der Waals surface area contributed by atoms with E-state index < -0.39 is 52.2 Å². The molecule has 2 aliphatic rings. The quantitative estimate of drug-likeness (QED) is 0.152. The lowest BCUT2D eigenvalue weighted by atomic mass is 9.77. The molecule has 188 valence electrons. The van der Waals surface area contributed by atoms with Crippen LogP contribution >= 0.6 is 0 Å². The van der Waals surface area contributed by atoms with Crippen molar-refractivity contribution in [3.05, 3.63) is 64.2 Å². The third-order valence-electron chi connectivity index (χ3n) is 6.65. The number of nitrogens with two attached hydrogens (primary N) is 1. The average Bonchev–Trinajstić information content (AvgIpc) is 3.31. The molecular formula is C23H23N5O8. The minimum absolute atomic E-state index is 0.0292. The van der Waals surface area contributed by atoms with Gasteiger partial charge in [0.15, 0.2) is 0 Å². The summed E-state index contributed by atoms with van der Waals surface area (Å²) in [6, 6.07) is 9.16. The predicted octanol–water partition coefficient (Wildman–Crippen LogP) is 1.02. The number of carboxylic acids is 1. The van der Waals surface area contributed by atoms with Gasteiger partial charge in [0.25, 0.3) is 5.69 Å². The number of urea groups is 1. The molecule has 13 heteroatoms. The summed E-state index contributed by atoms with van der Waals surface area (Å²) >= 11 is 0. The van der Waals surface area contributed by atoms with E-state index in [4.69, 9.17) is 5.73 Å². The average molecular weight is 497 g/mol. The van der Waals surface area contributed by atoms with Gasteiger partial charge in [0, 0.05) is 30.3 Å². The molecule has 0 saturated carbocycles. The number of nitrogens with zero attached hydrogens (tertiary/aromatic N) is 2. The summed E-state index contributed by atoms with van der Waals surface area (Å²) in [5.41, 5.74) is 2.97. The Hall–Kier alpha value is -4.52. The molecule has 13 nitrogen and oxygen atoms in total. The van der Waals surface area contributed by atoms with Crippen molar-refractivity contribution >= 4 is 35.2 Å². The lowest BCUT2D eigenvalue weighted by molar-refractivity contribution is -0.384. The number of rotatable bonds is 8. The van der Waals surface area contributed by atoms with Crippen LogP contribution < -0.4 is 21.3 Å². The molecule has 4 atom stereocenters. The third kappa shape index (κ3) is 3.98. The van der Waals surface area contributed by atoms with Crippen LogP contribution in [0, 0.1) is 22.0 Å². The number of anilines is 1. The number of para-hydroxylation sites is 1. The van der Waals surface area contributed by atoms with E-state index in [1.165, 1.54) is 30.3 Å². The minimum Gasteiger partial charge on any atom is -0.508 e. The Morgan fingerprint density at radius 2 is 1.89 bits per heavy atom. The summed E-state index contributed by atoms with van der Waals surface area (Å²) in [5.74, 6) is -5.77. The summed E-state index contributed by atoms with van der Waals surface area (Å²) in [6.07, 6.45) is -0.0487. The van der Waals surface area contributed by atoms with Gasteiger partial charge in [0.2, 0.25) is 11.8 Å². The summed E-state index contributed by atoms with van der Waals surface area (Å²) < 4.78 is 0. The van der Waals surface area contributed by atoms with Crippen molar-refractivity contribution in [2.24, 2.45) is 17.6 Å². The number of carbonyl (C=O) groups excluding carboxylic acids is 3. The fourth-order valence-electron chi connectivity index (χ4n) is 5.13. The number of non-ortho nitro benzene ring substituents is 1. The van der Waals surface area contributed by atoms with Gasteiger partial charge in [-0.2, -0.15) is 0 Å². The maximum Gasteiger partial charge on any atom is 0.324 e. The first-order valence-corrected chi connectivity index (χ1v) is 11.0. The van der Waals surface area contributed by atoms with Crippen LogP contribution in [0.4, 0.5) is 16.2 Å². The molecule has 0 bridgehead atoms. The van der Waals surface area contributed by atoms with Crippen LogP contribution in [0.2, 0.25) is 0 Å². The third-order valence-corrected chi connectivity index (χ3v) is 6.65. The Balaban J connectivity index is 1.81.